The Labute approximate surface area is 151 Å². The van der Waals surface area contributed by atoms with E-state index in [4.69, 9.17) is 11.6 Å². The minimum atomic E-state index is 0.0194. The van der Waals surface area contributed by atoms with E-state index in [0.717, 1.165) is 41.7 Å². The highest BCUT2D eigenvalue weighted by atomic mass is 35.5. The normalized spacial score (nSPS) is 17.2. The molecule has 1 atom stereocenters. The van der Waals surface area contributed by atoms with Crippen LogP contribution in [-0.4, -0.2) is 27.3 Å². The van der Waals surface area contributed by atoms with Crippen molar-refractivity contribution in [3.63, 3.8) is 0 Å². The van der Waals surface area contributed by atoms with Crippen molar-refractivity contribution < 1.29 is 4.79 Å². The number of aryl methyl sites for hydroxylation is 1. The van der Waals surface area contributed by atoms with E-state index >= 15 is 0 Å². The van der Waals surface area contributed by atoms with E-state index in [-0.39, 0.29) is 11.9 Å². The second-order valence-electron chi connectivity index (χ2n) is 6.38. The van der Waals surface area contributed by atoms with Crippen molar-refractivity contribution in [2.75, 3.05) is 6.54 Å². The van der Waals surface area contributed by atoms with Crippen molar-refractivity contribution in [3.05, 3.63) is 70.6 Å². The summed E-state index contributed by atoms with van der Waals surface area (Å²) in [6.45, 7) is 2.65. The van der Waals surface area contributed by atoms with Crippen LogP contribution in [0.25, 0.3) is 10.9 Å². The molecule has 1 saturated heterocycles. The summed E-state index contributed by atoms with van der Waals surface area (Å²) in [5.41, 5.74) is 3.22. The van der Waals surface area contributed by atoms with Crippen LogP contribution in [0, 0.1) is 6.92 Å². The molecule has 0 spiro atoms. The van der Waals surface area contributed by atoms with Crippen molar-refractivity contribution in [2.24, 2.45) is 0 Å². The number of aromatic nitrogens is 2. The predicted molar refractivity (Wildman–Crippen MR) is 98.7 cm³/mol. The third-order valence-electron chi connectivity index (χ3n) is 4.67. The molecule has 4 rings (SSSR count). The Morgan fingerprint density at radius 3 is 2.92 bits per heavy atom. The summed E-state index contributed by atoms with van der Waals surface area (Å²) < 4.78 is 0. The molecule has 0 unspecified atom stereocenters. The van der Waals surface area contributed by atoms with E-state index in [9.17, 15) is 4.79 Å². The van der Waals surface area contributed by atoms with Crippen molar-refractivity contribution in [1.29, 1.82) is 0 Å². The second kappa shape index (κ2) is 6.45. The average Bonchev–Trinajstić information content (AvgIpc) is 3.11. The fourth-order valence-electron chi connectivity index (χ4n) is 3.55. The number of halogens is 1. The van der Waals surface area contributed by atoms with Gasteiger partial charge in [-0.25, -0.2) is 0 Å². The van der Waals surface area contributed by atoms with E-state index < -0.39 is 0 Å². The van der Waals surface area contributed by atoms with E-state index in [2.05, 4.69) is 9.97 Å². The van der Waals surface area contributed by atoms with Crippen LogP contribution < -0.4 is 0 Å². The molecule has 1 fully saturated rings. The quantitative estimate of drug-likeness (QED) is 0.679. The molecular weight excluding hydrogens is 334 g/mol. The standard InChI is InChI=1S/C20H18ClN3O/c1-13-11-16(15-12-14(21)7-8-17(15)23-13)20(25)24-10-4-6-19(24)18-5-2-3-9-22-18/h2-3,5,7-9,11-12,19H,4,6,10H2,1H3/t19-/m1/s1. The van der Waals surface area contributed by atoms with Crippen LogP contribution in [0.5, 0.6) is 0 Å². The lowest BCUT2D eigenvalue weighted by atomic mass is 10.0. The van der Waals surface area contributed by atoms with Crippen molar-refractivity contribution >= 4 is 28.4 Å². The zero-order valence-electron chi connectivity index (χ0n) is 13.9. The monoisotopic (exact) mass is 351 g/mol. The Bertz CT molecular complexity index is 942. The number of hydrogen-bond acceptors (Lipinski definition) is 3. The molecule has 0 saturated carbocycles. The maximum absolute atomic E-state index is 13.3. The molecule has 1 aliphatic heterocycles. The van der Waals surface area contributed by atoms with Crippen LogP contribution in [0.3, 0.4) is 0 Å². The highest BCUT2D eigenvalue weighted by Gasteiger charge is 2.32. The Balaban J connectivity index is 1.78. The molecule has 1 amide bonds. The van der Waals surface area contributed by atoms with Crippen LogP contribution in [0.15, 0.2) is 48.7 Å². The zero-order chi connectivity index (χ0) is 17.4. The molecule has 3 aromatic rings. The molecule has 0 aliphatic carbocycles. The molecule has 0 N–H and O–H groups in total. The summed E-state index contributed by atoms with van der Waals surface area (Å²) >= 11 is 6.16. The van der Waals surface area contributed by atoms with Gasteiger partial charge in [0.05, 0.1) is 22.8 Å². The van der Waals surface area contributed by atoms with Crippen LogP contribution in [0.4, 0.5) is 0 Å². The summed E-state index contributed by atoms with van der Waals surface area (Å²) in [5.74, 6) is 0.0194. The van der Waals surface area contributed by atoms with Gasteiger partial charge in [0.25, 0.3) is 5.91 Å². The second-order valence-corrected chi connectivity index (χ2v) is 6.82. The SMILES string of the molecule is Cc1cc(C(=O)N2CCC[C@@H]2c2ccccn2)c2cc(Cl)ccc2n1. The Morgan fingerprint density at radius 2 is 2.12 bits per heavy atom. The summed E-state index contributed by atoms with van der Waals surface area (Å²) in [4.78, 5) is 24.2. The molecule has 0 bridgehead atoms. The van der Waals surface area contributed by atoms with Gasteiger partial charge in [0.15, 0.2) is 0 Å². The van der Waals surface area contributed by atoms with E-state index in [1.54, 1.807) is 12.3 Å². The number of pyridine rings is 2. The van der Waals surface area contributed by atoms with Gasteiger partial charge in [-0.3, -0.25) is 14.8 Å². The molecule has 25 heavy (non-hydrogen) atoms. The number of carbonyl (C=O) groups excluding carboxylic acids is 1. The number of hydrogen-bond donors (Lipinski definition) is 0. The number of carbonyl (C=O) groups is 1. The minimum Gasteiger partial charge on any atom is -0.330 e. The lowest BCUT2D eigenvalue weighted by Gasteiger charge is -2.25. The zero-order valence-corrected chi connectivity index (χ0v) is 14.7. The summed E-state index contributed by atoms with van der Waals surface area (Å²) in [7, 11) is 0. The van der Waals surface area contributed by atoms with Gasteiger partial charge in [-0.15, -0.1) is 0 Å². The lowest BCUT2D eigenvalue weighted by Crippen LogP contribution is -2.31. The third-order valence-corrected chi connectivity index (χ3v) is 4.91. The van der Waals surface area contributed by atoms with Gasteiger partial charge >= 0.3 is 0 Å². The first-order chi connectivity index (χ1) is 12.1. The molecule has 0 radical (unpaired) electrons. The summed E-state index contributed by atoms with van der Waals surface area (Å²) in [6, 6.07) is 13.2. The van der Waals surface area contributed by atoms with E-state index in [1.807, 2.05) is 48.2 Å². The van der Waals surface area contributed by atoms with E-state index in [1.165, 1.54) is 0 Å². The van der Waals surface area contributed by atoms with E-state index in [0.29, 0.717) is 10.6 Å². The molecule has 5 heteroatoms. The predicted octanol–water partition coefficient (Wildman–Crippen LogP) is 4.57. The Morgan fingerprint density at radius 1 is 1.24 bits per heavy atom. The first-order valence-electron chi connectivity index (χ1n) is 8.42. The molecule has 1 aliphatic rings. The first kappa shape index (κ1) is 16.0. The molecule has 2 aromatic heterocycles. The maximum atomic E-state index is 13.3. The highest BCUT2D eigenvalue weighted by molar-refractivity contribution is 6.31. The summed E-state index contributed by atoms with van der Waals surface area (Å²) in [5, 5.41) is 1.41. The summed E-state index contributed by atoms with van der Waals surface area (Å²) in [6.07, 6.45) is 3.70. The highest BCUT2D eigenvalue weighted by Crippen LogP contribution is 2.33. The number of likely N-dealkylation sites (tertiary alicyclic amines) is 1. The number of nitrogens with zero attached hydrogens (tertiary/aromatic N) is 3. The third kappa shape index (κ3) is 2.98. The van der Waals surface area contributed by atoms with Gasteiger partial charge in [-0.05, 0) is 56.2 Å². The maximum Gasteiger partial charge on any atom is 0.255 e. The smallest absolute Gasteiger partial charge is 0.255 e. The molecule has 126 valence electrons. The van der Waals surface area contributed by atoms with Crippen LogP contribution in [-0.2, 0) is 0 Å². The molecule has 3 heterocycles. The number of rotatable bonds is 2. The van der Waals surface area contributed by atoms with Gasteiger partial charge in [-0.1, -0.05) is 17.7 Å². The van der Waals surface area contributed by atoms with Gasteiger partial charge in [0, 0.05) is 28.8 Å². The van der Waals surface area contributed by atoms with Gasteiger partial charge in [-0.2, -0.15) is 0 Å². The molecule has 4 nitrogen and oxygen atoms in total. The van der Waals surface area contributed by atoms with Crippen LogP contribution in [0.1, 0.15) is 40.6 Å². The lowest BCUT2D eigenvalue weighted by molar-refractivity contribution is 0.0734. The number of fused-ring (bicyclic) bond motifs is 1. The molecule has 1 aromatic carbocycles. The minimum absolute atomic E-state index is 0.0194. The van der Waals surface area contributed by atoms with Crippen molar-refractivity contribution in [1.82, 2.24) is 14.9 Å². The van der Waals surface area contributed by atoms with Crippen LogP contribution in [0.2, 0.25) is 5.02 Å². The Kier molecular flexibility index (Phi) is 4.14. The topological polar surface area (TPSA) is 46.1 Å². The fourth-order valence-corrected chi connectivity index (χ4v) is 3.72. The fraction of sp³-hybridized carbons (Fsp3) is 0.250. The number of benzene rings is 1. The average molecular weight is 352 g/mol. The molecular formula is C20H18ClN3O. The number of amides is 1. The Hall–Kier alpha value is -2.46. The van der Waals surface area contributed by atoms with Gasteiger partial charge in [0.2, 0.25) is 0 Å². The van der Waals surface area contributed by atoms with Gasteiger partial charge in [0.1, 0.15) is 0 Å². The first-order valence-corrected chi connectivity index (χ1v) is 8.80. The van der Waals surface area contributed by atoms with Gasteiger partial charge < -0.3 is 4.90 Å². The van der Waals surface area contributed by atoms with Crippen molar-refractivity contribution in [2.45, 2.75) is 25.8 Å². The van der Waals surface area contributed by atoms with Crippen molar-refractivity contribution in [3.8, 4) is 0 Å². The largest absolute Gasteiger partial charge is 0.330 e. The van der Waals surface area contributed by atoms with Crippen LogP contribution >= 0.6 is 11.6 Å².